The number of nitrogens with zero attached hydrogens (tertiary/aromatic N) is 1. The first-order valence-electron chi connectivity index (χ1n) is 8.38. The molecule has 2 N–H and O–H groups in total. The minimum Gasteiger partial charge on any atom is -0.462 e. The fourth-order valence-corrected chi connectivity index (χ4v) is 2.99. The summed E-state index contributed by atoms with van der Waals surface area (Å²) in [4.78, 5) is 40.6. The second-order valence-corrected chi connectivity index (χ2v) is 5.94. The van der Waals surface area contributed by atoms with Crippen molar-refractivity contribution in [3.63, 3.8) is 0 Å². The monoisotopic (exact) mass is 335 g/mol. The highest BCUT2D eigenvalue weighted by atomic mass is 16.5. The average molecular weight is 335 g/mol. The molecule has 0 aliphatic carbocycles. The van der Waals surface area contributed by atoms with E-state index in [0.717, 1.165) is 13.0 Å². The normalized spacial score (nSPS) is 14.1. The number of H-pyrrole nitrogens is 1. The number of amides is 2. The van der Waals surface area contributed by atoms with Crippen molar-refractivity contribution in [3.05, 3.63) is 22.5 Å². The van der Waals surface area contributed by atoms with Crippen molar-refractivity contribution in [2.24, 2.45) is 0 Å². The molecule has 1 fully saturated rings. The summed E-state index contributed by atoms with van der Waals surface area (Å²) in [6.45, 7) is 7.46. The number of hydrogen-bond acceptors (Lipinski definition) is 4. The molecule has 132 valence electrons. The molecule has 2 amide bonds. The van der Waals surface area contributed by atoms with Crippen LogP contribution in [0.15, 0.2) is 0 Å². The SMILES string of the molecule is CCOC(=O)c1c(C)[nH]c(C(=O)NCCCN2CCCC2=O)c1C. The van der Waals surface area contributed by atoms with Gasteiger partial charge in [-0.2, -0.15) is 0 Å². The molecule has 0 aromatic carbocycles. The fraction of sp³-hybridized carbons (Fsp3) is 0.588. The third-order valence-corrected chi connectivity index (χ3v) is 4.21. The lowest BCUT2D eigenvalue weighted by Gasteiger charge is -2.15. The van der Waals surface area contributed by atoms with Crippen molar-refractivity contribution in [3.8, 4) is 0 Å². The first-order valence-corrected chi connectivity index (χ1v) is 8.38. The van der Waals surface area contributed by atoms with Gasteiger partial charge in [-0.25, -0.2) is 4.79 Å². The molecule has 1 aromatic rings. The highest BCUT2D eigenvalue weighted by Gasteiger charge is 2.23. The Bertz CT molecular complexity index is 636. The highest BCUT2D eigenvalue weighted by Crippen LogP contribution is 2.19. The van der Waals surface area contributed by atoms with Crippen LogP contribution in [0.2, 0.25) is 0 Å². The first-order chi connectivity index (χ1) is 11.5. The number of likely N-dealkylation sites (tertiary alicyclic amines) is 1. The Balaban J connectivity index is 1.89. The van der Waals surface area contributed by atoms with Gasteiger partial charge >= 0.3 is 5.97 Å². The van der Waals surface area contributed by atoms with E-state index in [1.54, 1.807) is 20.8 Å². The predicted octanol–water partition coefficient (Wildman–Crippen LogP) is 1.55. The first kappa shape index (κ1) is 18.0. The fourth-order valence-electron chi connectivity index (χ4n) is 2.99. The number of nitrogens with one attached hydrogen (secondary N) is 2. The molecule has 1 saturated heterocycles. The summed E-state index contributed by atoms with van der Waals surface area (Å²) in [6.07, 6.45) is 2.26. The molecule has 0 saturated carbocycles. The molecule has 0 unspecified atom stereocenters. The molecule has 24 heavy (non-hydrogen) atoms. The van der Waals surface area contributed by atoms with E-state index in [0.29, 0.717) is 55.1 Å². The Morgan fingerprint density at radius 1 is 1.33 bits per heavy atom. The number of aryl methyl sites for hydroxylation is 1. The average Bonchev–Trinajstić information content (AvgIpc) is 3.07. The van der Waals surface area contributed by atoms with Gasteiger partial charge < -0.3 is 19.9 Å². The zero-order valence-corrected chi connectivity index (χ0v) is 14.5. The maximum atomic E-state index is 12.3. The van der Waals surface area contributed by atoms with Crippen molar-refractivity contribution < 1.29 is 19.1 Å². The third-order valence-electron chi connectivity index (χ3n) is 4.21. The molecule has 2 heterocycles. The van der Waals surface area contributed by atoms with Crippen LogP contribution in [0.5, 0.6) is 0 Å². The van der Waals surface area contributed by atoms with Crippen LogP contribution in [0.1, 0.15) is 58.3 Å². The minimum atomic E-state index is -0.421. The van der Waals surface area contributed by atoms with Gasteiger partial charge in [0.05, 0.1) is 12.2 Å². The Hall–Kier alpha value is -2.31. The number of rotatable bonds is 7. The lowest BCUT2D eigenvalue weighted by Crippen LogP contribution is -2.31. The summed E-state index contributed by atoms with van der Waals surface area (Å²) in [5.74, 6) is -0.481. The van der Waals surface area contributed by atoms with Crippen molar-refractivity contribution in [1.82, 2.24) is 15.2 Å². The quantitative estimate of drug-likeness (QED) is 0.584. The van der Waals surface area contributed by atoms with E-state index >= 15 is 0 Å². The molecule has 0 bridgehead atoms. The van der Waals surface area contributed by atoms with Crippen LogP contribution in [-0.2, 0) is 9.53 Å². The summed E-state index contributed by atoms with van der Waals surface area (Å²) in [7, 11) is 0. The van der Waals surface area contributed by atoms with E-state index in [9.17, 15) is 14.4 Å². The van der Waals surface area contributed by atoms with E-state index in [1.165, 1.54) is 0 Å². The summed E-state index contributed by atoms with van der Waals surface area (Å²) in [6, 6.07) is 0. The number of carbonyl (C=O) groups excluding carboxylic acids is 3. The molecule has 7 nitrogen and oxygen atoms in total. The molecule has 0 atom stereocenters. The van der Waals surface area contributed by atoms with Crippen molar-refractivity contribution in [2.75, 3.05) is 26.2 Å². The molecule has 1 aliphatic rings. The van der Waals surface area contributed by atoms with Crippen LogP contribution in [0.25, 0.3) is 0 Å². The molecule has 2 rings (SSSR count). The van der Waals surface area contributed by atoms with E-state index in [1.807, 2.05) is 4.90 Å². The van der Waals surface area contributed by atoms with Crippen LogP contribution in [0.4, 0.5) is 0 Å². The van der Waals surface area contributed by atoms with Crippen molar-refractivity contribution in [1.29, 1.82) is 0 Å². The van der Waals surface area contributed by atoms with Gasteiger partial charge in [-0.15, -0.1) is 0 Å². The summed E-state index contributed by atoms with van der Waals surface area (Å²) in [5, 5.41) is 2.83. The predicted molar refractivity (Wildman–Crippen MR) is 89.0 cm³/mol. The summed E-state index contributed by atoms with van der Waals surface area (Å²) >= 11 is 0. The van der Waals surface area contributed by atoms with Crippen LogP contribution >= 0.6 is 0 Å². The molecule has 7 heteroatoms. The Labute approximate surface area is 141 Å². The number of hydrogen-bond donors (Lipinski definition) is 2. The minimum absolute atomic E-state index is 0.191. The van der Waals surface area contributed by atoms with Gasteiger partial charge in [0.2, 0.25) is 5.91 Å². The summed E-state index contributed by atoms with van der Waals surface area (Å²) in [5.41, 5.74) is 2.02. The van der Waals surface area contributed by atoms with Crippen molar-refractivity contribution in [2.45, 2.75) is 40.0 Å². The molecule has 0 spiro atoms. The lowest BCUT2D eigenvalue weighted by atomic mass is 10.1. The molecular weight excluding hydrogens is 310 g/mol. The van der Waals surface area contributed by atoms with Gasteiger partial charge in [0.25, 0.3) is 5.91 Å². The number of aromatic nitrogens is 1. The molecule has 0 radical (unpaired) electrons. The molecule has 1 aromatic heterocycles. The van der Waals surface area contributed by atoms with E-state index in [2.05, 4.69) is 10.3 Å². The van der Waals surface area contributed by atoms with Gasteiger partial charge in [-0.05, 0) is 39.2 Å². The third kappa shape index (κ3) is 3.96. The van der Waals surface area contributed by atoms with Crippen LogP contribution in [-0.4, -0.2) is 53.9 Å². The number of carbonyl (C=O) groups is 3. The number of ether oxygens (including phenoxy) is 1. The van der Waals surface area contributed by atoms with E-state index < -0.39 is 5.97 Å². The van der Waals surface area contributed by atoms with Gasteiger partial charge in [0.15, 0.2) is 0 Å². The van der Waals surface area contributed by atoms with Crippen molar-refractivity contribution >= 4 is 17.8 Å². The van der Waals surface area contributed by atoms with Gasteiger partial charge in [0, 0.05) is 31.7 Å². The maximum Gasteiger partial charge on any atom is 0.340 e. The molecule has 1 aliphatic heterocycles. The van der Waals surface area contributed by atoms with Crippen LogP contribution in [0.3, 0.4) is 0 Å². The zero-order valence-electron chi connectivity index (χ0n) is 14.5. The topological polar surface area (TPSA) is 91.5 Å². The smallest absolute Gasteiger partial charge is 0.340 e. The standard InChI is InChI=1S/C17H25N3O4/c1-4-24-17(23)14-11(2)15(19-12(14)3)16(22)18-8-6-10-20-9-5-7-13(20)21/h19H,4-10H2,1-3H3,(H,18,22). The second-order valence-electron chi connectivity index (χ2n) is 5.94. The summed E-state index contributed by atoms with van der Waals surface area (Å²) < 4.78 is 5.02. The number of esters is 1. The largest absolute Gasteiger partial charge is 0.462 e. The zero-order chi connectivity index (χ0) is 17.7. The van der Waals surface area contributed by atoms with E-state index in [4.69, 9.17) is 4.74 Å². The Morgan fingerprint density at radius 2 is 2.08 bits per heavy atom. The highest BCUT2D eigenvalue weighted by molar-refractivity contribution is 6.00. The molecular formula is C17H25N3O4. The second kappa shape index (κ2) is 7.99. The van der Waals surface area contributed by atoms with Gasteiger partial charge in [-0.1, -0.05) is 0 Å². The Kier molecular flexibility index (Phi) is 6.00. The maximum absolute atomic E-state index is 12.3. The lowest BCUT2D eigenvalue weighted by molar-refractivity contribution is -0.127. The number of aromatic amines is 1. The van der Waals surface area contributed by atoms with E-state index in [-0.39, 0.29) is 11.8 Å². The van der Waals surface area contributed by atoms with Gasteiger partial charge in [0.1, 0.15) is 5.69 Å². The van der Waals surface area contributed by atoms with Crippen LogP contribution < -0.4 is 5.32 Å². The van der Waals surface area contributed by atoms with Crippen LogP contribution in [0, 0.1) is 13.8 Å². The Morgan fingerprint density at radius 3 is 2.71 bits per heavy atom. The van der Waals surface area contributed by atoms with Gasteiger partial charge in [-0.3, -0.25) is 9.59 Å².